The maximum Gasteiger partial charge on any atom is 0.0998 e. The smallest absolute Gasteiger partial charge is 0.0998 e. The third-order valence-corrected chi connectivity index (χ3v) is 9.20. The van der Waals surface area contributed by atoms with Crippen molar-refractivity contribution >= 4 is 53.3 Å². The standard InChI is InChI=1S/C38H21N3S/c39-22-24-13-15-36-33(17-24)31-9-3-5-11-35(31)41(36)29-19-27(18-28(20-29)30-8-2-1-7-26(30)23-40)25-14-16-38-34(21-25)32-10-4-6-12-37(32)42-38/h1-21H. The predicted molar refractivity (Wildman–Crippen MR) is 174 cm³/mol. The molecule has 0 N–H and O–H groups in total. The number of para-hydroxylation sites is 1. The molecule has 0 radical (unpaired) electrons. The van der Waals surface area contributed by atoms with Crippen LogP contribution in [0.4, 0.5) is 0 Å². The molecule has 0 fully saturated rings. The molecule has 8 aromatic rings. The first-order valence-corrected chi connectivity index (χ1v) is 14.5. The molecule has 0 aliphatic carbocycles. The van der Waals surface area contributed by atoms with Gasteiger partial charge in [0.25, 0.3) is 0 Å². The SMILES string of the molecule is N#Cc1ccc2c(c1)c1ccccc1n2-c1cc(-c2ccc3sc4ccccc4c3c2)cc(-c2ccccc2C#N)c1. The van der Waals surface area contributed by atoms with E-state index in [1.807, 2.05) is 65.9 Å². The van der Waals surface area contributed by atoms with Gasteiger partial charge in [0.1, 0.15) is 0 Å². The number of nitriles is 2. The van der Waals surface area contributed by atoms with E-state index in [0.717, 1.165) is 49.7 Å². The van der Waals surface area contributed by atoms with Crippen molar-refractivity contribution < 1.29 is 0 Å². The number of thiophene rings is 1. The molecule has 0 saturated carbocycles. The maximum absolute atomic E-state index is 9.97. The first-order valence-electron chi connectivity index (χ1n) is 13.7. The molecule has 0 atom stereocenters. The zero-order valence-electron chi connectivity index (χ0n) is 22.4. The minimum atomic E-state index is 0.638. The van der Waals surface area contributed by atoms with Gasteiger partial charge >= 0.3 is 0 Å². The summed E-state index contributed by atoms with van der Waals surface area (Å²) in [5.74, 6) is 0. The van der Waals surface area contributed by atoms with Crippen molar-refractivity contribution in [1.29, 1.82) is 10.5 Å². The number of hydrogen-bond donors (Lipinski definition) is 0. The quantitative estimate of drug-likeness (QED) is 0.219. The lowest BCUT2D eigenvalue weighted by Crippen LogP contribution is -1.96. The topological polar surface area (TPSA) is 52.5 Å². The van der Waals surface area contributed by atoms with Gasteiger partial charge in [0.05, 0.1) is 34.3 Å². The van der Waals surface area contributed by atoms with Crippen LogP contribution in [-0.2, 0) is 0 Å². The summed E-state index contributed by atoms with van der Waals surface area (Å²) < 4.78 is 4.82. The van der Waals surface area contributed by atoms with E-state index in [-0.39, 0.29) is 0 Å². The molecule has 4 heteroatoms. The molecule has 0 amide bonds. The lowest BCUT2D eigenvalue weighted by molar-refractivity contribution is 1.18. The van der Waals surface area contributed by atoms with Gasteiger partial charge in [-0.25, -0.2) is 0 Å². The fourth-order valence-electron chi connectivity index (χ4n) is 6.12. The highest BCUT2D eigenvalue weighted by Crippen LogP contribution is 2.40. The van der Waals surface area contributed by atoms with E-state index in [0.29, 0.717) is 11.1 Å². The molecular formula is C38H21N3S. The summed E-state index contributed by atoms with van der Waals surface area (Å²) in [6.45, 7) is 0. The summed E-state index contributed by atoms with van der Waals surface area (Å²) in [5, 5.41) is 24.2. The number of fused-ring (bicyclic) bond motifs is 6. The van der Waals surface area contributed by atoms with E-state index in [9.17, 15) is 10.5 Å². The molecule has 2 heterocycles. The van der Waals surface area contributed by atoms with Crippen LogP contribution in [0, 0.1) is 22.7 Å². The second kappa shape index (κ2) is 9.46. The van der Waals surface area contributed by atoms with Crippen LogP contribution in [0.15, 0.2) is 127 Å². The minimum Gasteiger partial charge on any atom is -0.309 e. The Bertz CT molecular complexity index is 2450. The summed E-state index contributed by atoms with van der Waals surface area (Å²) in [4.78, 5) is 0. The number of nitrogens with zero attached hydrogens (tertiary/aromatic N) is 3. The van der Waals surface area contributed by atoms with Crippen molar-refractivity contribution in [2.75, 3.05) is 0 Å². The Morgan fingerprint density at radius 3 is 2.12 bits per heavy atom. The predicted octanol–water partition coefficient (Wildman–Crippen LogP) is 10.2. The Hall–Kier alpha value is -5.68. The molecule has 3 nitrogen and oxygen atoms in total. The van der Waals surface area contributed by atoms with Crippen LogP contribution in [0.1, 0.15) is 11.1 Å². The van der Waals surface area contributed by atoms with E-state index in [1.54, 1.807) is 0 Å². The van der Waals surface area contributed by atoms with Crippen molar-refractivity contribution in [2.24, 2.45) is 0 Å². The third kappa shape index (κ3) is 3.71. The van der Waals surface area contributed by atoms with E-state index in [1.165, 1.54) is 20.2 Å². The van der Waals surface area contributed by atoms with E-state index < -0.39 is 0 Å². The Labute approximate surface area is 246 Å². The second-order valence-electron chi connectivity index (χ2n) is 10.4. The Morgan fingerprint density at radius 1 is 0.500 bits per heavy atom. The average Bonchev–Trinajstić information content (AvgIpc) is 3.59. The first kappa shape index (κ1) is 24.1. The van der Waals surface area contributed by atoms with E-state index in [4.69, 9.17) is 0 Å². The second-order valence-corrected chi connectivity index (χ2v) is 11.5. The number of aromatic nitrogens is 1. The van der Waals surface area contributed by atoms with Crippen LogP contribution in [0.25, 0.3) is 69.9 Å². The van der Waals surface area contributed by atoms with Crippen LogP contribution in [-0.4, -0.2) is 4.57 Å². The average molecular weight is 552 g/mol. The van der Waals surface area contributed by atoms with Gasteiger partial charge in [-0.05, 0) is 89.0 Å². The Kier molecular flexibility index (Phi) is 5.44. The molecule has 0 aliphatic heterocycles. The van der Waals surface area contributed by atoms with Crippen molar-refractivity contribution in [1.82, 2.24) is 4.57 Å². The molecule has 0 aliphatic rings. The van der Waals surface area contributed by atoms with Crippen molar-refractivity contribution in [3.05, 3.63) is 139 Å². The fourth-order valence-corrected chi connectivity index (χ4v) is 7.21. The number of rotatable bonds is 3. The first-order chi connectivity index (χ1) is 20.7. The summed E-state index contributed by atoms with van der Waals surface area (Å²) in [5.41, 5.74) is 8.46. The monoisotopic (exact) mass is 551 g/mol. The summed E-state index contributed by atoms with van der Waals surface area (Å²) in [7, 11) is 0. The maximum atomic E-state index is 9.97. The molecule has 2 aromatic heterocycles. The number of benzene rings is 6. The van der Waals surface area contributed by atoms with Crippen molar-refractivity contribution in [2.45, 2.75) is 0 Å². The van der Waals surface area contributed by atoms with Gasteiger partial charge in [-0.1, -0.05) is 60.7 Å². The molecule has 0 saturated heterocycles. The summed E-state index contributed by atoms with van der Waals surface area (Å²) in [6.07, 6.45) is 0. The van der Waals surface area contributed by atoms with Crippen molar-refractivity contribution in [3.8, 4) is 40.1 Å². The largest absolute Gasteiger partial charge is 0.309 e. The van der Waals surface area contributed by atoms with Gasteiger partial charge in [-0.3, -0.25) is 0 Å². The Balaban J connectivity index is 1.44. The lowest BCUT2D eigenvalue weighted by atomic mass is 9.94. The molecule has 8 rings (SSSR count). The Morgan fingerprint density at radius 2 is 1.24 bits per heavy atom. The van der Waals surface area contributed by atoms with E-state index >= 15 is 0 Å². The van der Waals surface area contributed by atoms with Gasteiger partial charge in [0.15, 0.2) is 0 Å². The van der Waals surface area contributed by atoms with Gasteiger partial charge in [0, 0.05) is 36.6 Å². The molecule has 0 spiro atoms. The van der Waals surface area contributed by atoms with Crippen LogP contribution in [0.2, 0.25) is 0 Å². The van der Waals surface area contributed by atoms with E-state index in [2.05, 4.69) is 89.5 Å². The zero-order valence-corrected chi connectivity index (χ0v) is 23.2. The molecule has 0 bridgehead atoms. The molecule has 194 valence electrons. The summed E-state index contributed by atoms with van der Waals surface area (Å²) >= 11 is 1.81. The van der Waals surface area contributed by atoms with Gasteiger partial charge in [0.2, 0.25) is 0 Å². The van der Waals surface area contributed by atoms with Gasteiger partial charge < -0.3 is 4.57 Å². The van der Waals surface area contributed by atoms with Gasteiger partial charge in [-0.15, -0.1) is 11.3 Å². The van der Waals surface area contributed by atoms with Gasteiger partial charge in [-0.2, -0.15) is 10.5 Å². The highest BCUT2D eigenvalue weighted by atomic mass is 32.1. The highest BCUT2D eigenvalue weighted by molar-refractivity contribution is 7.25. The zero-order chi connectivity index (χ0) is 28.2. The molecular weight excluding hydrogens is 531 g/mol. The van der Waals surface area contributed by atoms with Crippen LogP contribution in [0.5, 0.6) is 0 Å². The number of hydrogen-bond acceptors (Lipinski definition) is 3. The lowest BCUT2D eigenvalue weighted by Gasteiger charge is -2.15. The van der Waals surface area contributed by atoms with Crippen LogP contribution in [0.3, 0.4) is 0 Å². The molecule has 0 unspecified atom stereocenters. The third-order valence-electron chi connectivity index (χ3n) is 8.05. The van der Waals surface area contributed by atoms with Crippen molar-refractivity contribution in [3.63, 3.8) is 0 Å². The van der Waals surface area contributed by atoms with Crippen LogP contribution < -0.4 is 0 Å². The molecule has 42 heavy (non-hydrogen) atoms. The fraction of sp³-hybridized carbons (Fsp3) is 0. The summed E-state index contributed by atoms with van der Waals surface area (Å²) in [6, 6.07) is 48.5. The van der Waals surface area contributed by atoms with Crippen LogP contribution >= 0.6 is 11.3 Å². The highest BCUT2D eigenvalue weighted by Gasteiger charge is 2.16. The minimum absolute atomic E-state index is 0.638. The molecule has 6 aromatic carbocycles. The normalized spacial score (nSPS) is 11.3.